The van der Waals surface area contributed by atoms with Crippen molar-refractivity contribution < 1.29 is 0 Å². The molecule has 1 aromatic heterocycles. The lowest BCUT2D eigenvalue weighted by Gasteiger charge is -1.99. The second-order valence-electron chi connectivity index (χ2n) is 3.01. The number of nitrogens with one attached hydrogen (secondary N) is 3. The van der Waals surface area contributed by atoms with E-state index in [4.69, 9.17) is 5.73 Å². The fraction of sp³-hybridized carbons (Fsp3) is 0.500. The van der Waals surface area contributed by atoms with E-state index in [2.05, 4.69) is 20.5 Å². The number of rotatable bonds is 2. The largest absolute Gasteiger partial charge is 0.360 e. The zero-order valence-corrected chi connectivity index (χ0v) is 6.70. The van der Waals surface area contributed by atoms with Crippen LogP contribution in [0, 0.1) is 0 Å². The van der Waals surface area contributed by atoms with Gasteiger partial charge < -0.3 is 11.1 Å². The molecule has 1 aliphatic carbocycles. The van der Waals surface area contributed by atoms with Crippen molar-refractivity contribution >= 4 is 5.82 Å². The zero-order valence-electron chi connectivity index (χ0n) is 6.70. The lowest BCUT2D eigenvalue weighted by atomic mass is 10.6. The minimum absolute atomic E-state index is 0.0770. The third-order valence-electron chi connectivity index (χ3n) is 1.87. The molecule has 1 fully saturated rings. The normalized spacial score (nSPS) is 25.6. The number of hydrogen-bond acceptors (Lipinski definition) is 5. The van der Waals surface area contributed by atoms with Crippen molar-refractivity contribution in [1.82, 2.24) is 15.2 Å². The number of aromatic amines is 2. The lowest BCUT2D eigenvalue weighted by Crippen LogP contribution is -2.28. The van der Waals surface area contributed by atoms with Crippen LogP contribution in [-0.4, -0.2) is 27.3 Å². The van der Waals surface area contributed by atoms with E-state index in [-0.39, 0.29) is 17.9 Å². The van der Waals surface area contributed by atoms with Crippen molar-refractivity contribution in [3.05, 3.63) is 20.8 Å². The highest BCUT2D eigenvalue weighted by Gasteiger charge is 2.34. The molecule has 0 bridgehead atoms. The highest BCUT2D eigenvalue weighted by molar-refractivity contribution is 5.34. The van der Waals surface area contributed by atoms with Gasteiger partial charge in [0.05, 0.1) is 0 Å². The molecule has 2 unspecified atom stereocenters. The first-order valence-corrected chi connectivity index (χ1v) is 3.88. The highest BCUT2D eigenvalue weighted by atomic mass is 16.2. The Morgan fingerprint density at radius 2 is 2.23 bits per heavy atom. The van der Waals surface area contributed by atoms with Gasteiger partial charge in [0.2, 0.25) is 5.82 Å². The summed E-state index contributed by atoms with van der Waals surface area (Å²) in [6.45, 7) is 0. The monoisotopic (exact) mass is 183 g/mol. The molecule has 70 valence electrons. The summed E-state index contributed by atoms with van der Waals surface area (Å²) in [4.78, 5) is 23.7. The summed E-state index contributed by atoms with van der Waals surface area (Å²) in [5, 5.41) is 8.48. The van der Waals surface area contributed by atoms with Gasteiger partial charge in [-0.25, -0.2) is 9.89 Å². The third-order valence-corrected chi connectivity index (χ3v) is 1.87. The van der Waals surface area contributed by atoms with Crippen LogP contribution < -0.4 is 22.3 Å². The molecule has 13 heavy (non-hydrogen) atoms. The number of H-pyrrole nitrogens is 2. The molecule has 1 aromatic rings. The molecule has 7 heteroatoms. The maximum atomic E-state index is 11.1. The fourth-order valence-electron chi connectivity index (χ4n) is 1.00. The molecule has 2 rings (SSSR count). The summed E-state index contributed by atoms with van der Waals surface area (Å²) < 4.78 is 0. The highest BCUT2D eigenvalue weighted by Crippen LogP contribution is 2.20. The molecule has 0 aromatic carbocycles. The van der Waals surface area contributed by atoms with Gasteiger partial charge in [0, 0.05) is 12.1 Å². The number of nitrogens with zero attached hydrogens (tertiary/aromatic N) is 1. The summed E-state index contributed by atoms with van der Waals surface area (Å²) >= 11 is 0. The average Bonchev–Trinajstić information content (AvgIpc) is 2.73. The molecule has 0 saturated heterocycles. The predicted molar refractivity (Wildman–Crippen MR) is 45.5 cm³/mol. The van der Waals surface area contributed by atoms with E-state index in [1.165, 1.54) is 0 Å². The maximum Gasteiger partial charge on any atom is 0.342 e. The SMILES string of the molecule is NC1CC1Nc1n[nH]c(=O)[nH]c1=O. The van der Waals surface area contributed by atoms with Crippen LogP contribution in [0.4, 0.5) is 5.82 Å². The molecular formula is C6H9N5O2. The molecule has 0 spiro atoms. The standard InChI is InChI=1S/C6H9N5O2/c7-2-1-3(2)8-4-5(12)9-6(13)11-10-4/h2-3H,1,7H2,(H,8,10)(H2,9,11,12,13). The molecule has 0 amide bonds. The molecule has 1 aliphatic rings. The van der Waals surface area contributed by atoms with Gasteiger partial charge >= 0.3 is 5.69 Å². The summed E-state index contributed by atoms with van der Waals surface area (Å²) in [7, 11) is 0. The fourth-order valence-corrected chi connectivity index (χ4v) is 1.00. The van der Waals surface area contributed by atoms with Crippen molar-refractivity contribution in [3.8, 4) is 0 Å². The van der Waals surface area contributed by atoms with E-state index in [0.29, 0.717) is 0 Å². The van der Waals surface area contributed by atoms with Crippen LogP contribution in [0.15, 0.2) is 9.59 Å². The molecule has 2 atom stereocenters. The summed E-state index contributed by atoms with van der Waals surface area (Å²) in [6.07, 6.45) is 0.820. The molecule has 1 saturated carbocycles. The Morgan fingerprint density at radius 3 is 2.77 bits per heavy atom. The second kappa shape index (κ2) is 2.70. The Bertz CT molecular complexity index is 422. The van der Waals surface area contributed by atoms with Crippen molar-refractivity contribution in [1.29, 1.82) is 0 Å². The van der Waals surface area contributed by atoms with Crippen LogP contribution in [0.2, 0.25) is 0 Å². The summed E-state index contributed by atoms with van der Waals surface area (Å²) in [5.74, 6) is 0.109. The van der Waals surface area contributed by atoms with Gasteiger partial charge in [-0.3, -0.25) is 9.78 Å². The minimum atomic E-state index is -0.615. The van der Waals surface area contributed by atoms with Gasteiger partial charge in [0.1, 0.15) is 0 Å². The number of nitrogens with two attached hydrogens (primary N) is 1. The Kier molecular flexibility index (Phi) is 1.66. The van der Waals surface area contributed by atoms with Crippen molar-refractivity contribution in [2.75, 3.05) is 5.32 Å². The molecule has 5 N–H and O–H groups in total. The van der Waals surface area contributed by atoms with E-state index >= 15 is 0 Å². The Morgan fingerprint density at radius 1 is 1.54 bits per heavy atom. The van der Waals surface area contributed by atoms with Crippen LogP contribution in [0.3, 0.4) is 0 Å². The van der Waals surface area contributed by atoms with E-state index < -0.39 is 11.2 Å². The average molecular weight is 183 g/mol. The quantitative estimate of drug-likeness (QED) is 0.422. The molecule has 7 nitrogen and oxygen atoms in total. The van der Waals surface area contributed by atoms with Gasteiger partial charge in [-0.2, -0.15) is 0 Å². The summed E-state index contributed by atoms with van der Waals surface area (Å²) in [5.41, 5.74) is 4.38. The number of aromatic nitrogens is 3. The maximum absolute atomic E-state index is 11.1. The Labute approximate surface area is 72.4 Å². The van der Waals surface area contributed by atoms with E-state index in [9.17, 15) is 9.59 Å². The zero-order chi connectivity index (χ0) is 9.42. The molecular weight excluding hydrogens is 174 g/mol. The predicted octanol–water partition coefficient (Wildman–Crippen LogP) is -2.03. The van der Waals surface area contributed by atoms with Gasteiger partial charge in [-0.15, -0.1) is 5.10 Å². The van der Waals surface area contributed by atoms with E-state index in [0.717, 1.165) is 6.42 Å². The smallest absolute Gasteiger partial charge is 0.342 e. The molecule has 0 aliphatic heterocycles. The van der Waals surface area contributed by atoms with Crippen LogP contribution in [-0.2, 0) is 0 Å². The van der Waals surface area contributed by atoms with Gasteiger partial charge in [-0.1, -0.05) is 0 Å². The first kappa shape index (κ1) is 7.99. The van der Waals surface area contributed by atoms with Crippen molar-refractivity contribution in [2.24, 2.45) is 5.73 Å². The van der Waals surface area contributed by atoms with Gasteiger partial charge in [-0.05, 0) is 6.42 Å². The van der Waals surface area contributed by atoms with Crippen LogP contribution in [0.25, 0.3) is 0 Å². The molecule has 0 radical (unpaired) electrons. The first-order valence-electron chi connectivity index (χ1n) is 3.88. The third kappa shape index (κ3) is 1.59. The number of anilines is 1. The minimum Gasteiger partial charge on any atom is -0.360 e. The molecule has 1 heterocycles. The van der Waals surface area contributed by atoms with Crippen LogP contribution in [0.5, 0.6) is 0 Å². The van der Waals surface area contributed by atoms with Gasteiger partial charge in [0.15, 0.2) is 0 Å². The van der Waals surface area contributed by atoms with Crippen LogP contribution >= 0.6 is 0 Å². The summed E-state index contributed by atoms with van der Waals surface area (Å²) in [6, 6.07) is 0.174. The van der Waals surface area contributed by atoms with Gasteiger partial charge in [0.25, 0.3) is 5.56 Å². The lowest BCUT2D eigenvalue weighted by molar-refractivity contribution is 0.875. The Balaban J connectivity index is 2.21. The second-order valence-corrected chi connectivity index (χ2v) is 3.01. The topological polar surface area (TPSA) is 117 Å². The Hall–Kier alpha value is -1.63. The van der Waals surface area contributed by atoms with Crippen molar-refractivity contribution in [3.63, 3.8) is 0 Å². The van der Waals surface area contributed by atoms with Crippen molar-refractivity contribution in [2.45, 2.75) is 18.5 Å². The van der Waals surface area contributed by atoms with Crippen LogP contribution in [0.1, 0.15) is 6.42 Å². The van der Waals surface area contributed by atoms with E-state index in [1.54, 1.807) is 0 Å². The number of hydrogen-bond donors (Lipinski definition) is 4. The first-order chi connectivity index (χ1) is 6.16. The van der Waals surface area contributed by atoms with E-state index in [1.807, 2.05) is 0 Å².